The van der Waals surface area contributed by atoms with E-state index < -0.39 is 0 Å². The van der Waals surface area contributed by atoms with Crippen LogP contribution >= 0.6 is 23.4 Å². The third kappa shape index (κ3) is 4.76. The Labute approximate surface area is 188 Å². The molecule has 2 aromatic heterocycles. The number of nitrogens with zero attached hydrogens (tertiary/aromatic N) is 4. The summed E-state index contributed by atoms with van der Waals surface area (Å²) in [5.41, 5.74) is 1.36. The summed E-state index contributed by atoms with van der Waals surface area (Å²) in [4.78, 5) is 13.2. The number of thioether (sulfide) groups is 1. The third-order valence-electron chi connectivity index (χ3n) is 4.77. The van der Waals surface area contributed by atoms with Crippen molar-refractivity contribution >= 4 is 40.0 Å². The molecule has 2 aromatic carbocycles. The second kappa shape index (κ2) is 9.38. The van der Waals surface area contributed by atoms with Crippen LogP contribution in [0, 0.1) is 5.82 Å². The van der Waals surface area contributed by atoms with Crippen LogP contribution in [0.3, 0.4) is 0 Å². The van der Waals surface area contributed by atoms with Crippen LogP contribution in [0.25, 0.3) is 16.7 Å². The number of rotatable bonds is 8. The maximum atomic E-state index is 13.5. The molecular formula is C22H22ClFN4O2S. The van der Waals surface area contributed by atoms with Gasteiger partial charge in [-0.05, 0) is 56.2 Å². The number of hydrogen-bond donors (Lipinski definition) is 0. The number of ether oxygens (including phenoxy) is 1. The topological polar surface area (TPSA) is 61.4 Å². The molecule has 0 aliphatic carbocycles. The van der Waals surface area contributed by atoms with Crippen molar-refractivity contribution < 1.29 is 9.13 Å². The minimum Gasteiger partial charge on any atom is -0.379 e. The van der Waals surface area contributed by atoms with E-state index in [2.05, 4.69) is 10.2 Å². The van der Waals surface area contributed by atoms with Gasteiger partial charge in [-0.3, -0.25) is 13.8 Å². The van der Waals surface area contributed by atoms with E-state index in [9.17, 15) is 9.18 Å². The molecular weight excluding hydrogens is 439 g/mol. The quantitative estimate of drug-likeness (QED) is 0.275. The molecule has 0 aliphatic heterocycles. The molecule has 4 rings (SSSR count). The molecule has 162 valence electrons. The lowest BCUT2D eigenvalue weighted by Crippen LogP contribution is -2.24. The third-order valence-corrected chi connectivity index (χ3v) is 6.00. The van der Waals surface area contributed by atoms with Gasteiger partial charge < -0.3 is 4.74 Å². The van der Waals surface area contributed by atoms with Crippen LogP contribution in [0.1, 0.15) is 25.8 Å². The van der Waals surface area contributed by atoms with Gasteiger partial charge in [0, 0.05) is 23.9 Å². The molecule has 0 N–H and O–H groups in total. The Morgan fingerprint density at radius 2 is 2.03 bits per heavy atom. The van der Waals surface area contributed by atoms with Gasteiger partial charge in [-0.2, -0.15) is 0 Å². The van der Waals surface area contributed by atoms with Gasteiger partial charge in [-0.25, -0.2) is 4.39 Å². The van der Waals surface area contributed by atoms with Gasteiger partial charge in [0.1, 0.15) is 5.82 Å². The van der Waals surface area contributed by atoms with Crippen molar-refractivity contribution in [3.8, 4) is 0 Å². The summed E-state index contributed by atoms with van der Waals surface area (Å²) in [6.45, 7) is 4.94. The van der Waals surface area contributed by atoms with Crippen LogP contribution in [0.2, 0.25) is 5.02 Å². The highest BCUT2D eigenvalue weighted by Crippen LogP contribution is 2.26. The molecule has 0 unspecified atom stereocenters. The molecule has 0 aliphatic rings. The largest absolute Gasteiger partial charge is 0.379 e. The standard InChI is InChI=1S/C22H22ClFN4O2S/c1-14(2)30-10-4-9-27-20(29)18-12-16(23)7-8-19(18)28-21(27)25-26-22(28)31-13-15-5-3-6-17(24)11-15/h3,5-8,11-12,14H,4,9-10,13H2,1-2H3. The summed E-state index contributed by atoms with van der Waals surface area (Å²) in [6.07, 6.45) is 0.796. The summed E-state index contributed by atoms with van der Waals surface area (Å²) in [6, 6.07) is 11.7. The zero-order valence-corrected chi connectivity index (χ0v) is 18.8. The Bertz CT molecular complexity index is 1290. The Kier molecular flexibility index (Phi) is 6.60. The summed E-state index contributed by atoms with van der Waals surface area (Å²) < 4.78 is 22.6. The van der Waals surface area contributed by atoms with Crippen LogP contribution < -0.4 is 5.56 Å². The molecule has 9 heteroatoms. The summed E-state index contributed by atoms with van der Waals surface area (Å²) >= 11 is 7.61. The molecule has 0 fully saturated rings. The van der Waals surface area contributed by atoms with Gasteiger partial charge in [0.2, 0.25) is 5.78 Å². The first-order valence-corrected chi connectivity index (χ1v) is 11.4. The Balaban J connectivity index is 1.74. The molecule has 0 spiro atoms. The maximum absolute atomic E-state index is 13.5. The zero-order valence-electron chi connectivity index (χ0n) is 17.2. The van der Waals surface area contributed by atoms with E-state index in [0.29, 0.717) is 52.2 Å². The van der Waals surface area contributed by atoms with Crippen LogP contribution in [-0.2, 0) is 17.0 Å². The highest BCUT2D eigenvalue weighted by Gasteiger charge is 2.17. The van der Waals surface area contributed by atoms with Gasteiger partial charge in [0.15, 0.2) is 5.16 Å². The second-order valence-corrected chi connectivity index (χ2v) is 8.81. The first-order valence-electron chi connectivity index (χ1n) is 10.00. The van der Waals surface area contributed by atoms with E-state index in [4.69, 9.17) is 16.3 Å². The molecule has 0 bridgehead atoms. The van der Waals surface area contributed by atoms with E-state index in [1.54, 1.807) is 28.8 Å². The fourth-order valence-electron chi connectivity index (χ4n) is 3.37. The van der Waals surface area contributed by atoms with E-state index in [0.717, 1.165) is 5.56 Å². The SMILES string of the molecule is CC(C)OCCCn1c(=O)c2cc(Cl)ccc2n2c(SCc3cccc(F)c3)nnc12. The summed E-state index contributed by atoms with van der Waals surface area (Å²) in [5.74, 6) is 0.711. The van der Waals surface area contributed by atoms with E-state index in [-0.39, 0.29) is 17.5 Å². The first kappa shape index (κ1) is 21.8. The molecule has 0 radical (unpaired) electrons. The fourth-order valence-corrected chi connectivity index (χ4v) is 4.43. The predicted octanol–water partition coefficient (Wildman–Crippen LogP) is 4.94. The van der Waals surface area contributed by atoms with Crippen LogP contribution in [0.5, 0.6) is 0 Å². The number of halogens is 2. The first-order chi connectivity index (χ1) is 14.9. The number of fused-ring (bicyclic) bond motifs is 3. The van der Waals surface area contributed by atoms with Gasteiger partial charge in [0.25, 0.3) is 5.56 Å². The predicted molar refractivity (Wildman–Crippen MR) is 121 cm³/mol. The van der Waals surface area contributed by atoms with Crippen molar-refractivity contribution in [2.75, 3.05) is 6.61 Å². The molecule has 2 heterocycles. The zero-order chi connectivity index (χ0) is 22.0. The van der Waals surface area contributed by atoms with Gasteiger partial charge >= 0.3 is 0 Å². The normalized spacial score (nSPS) is 11.8. The minimum atomic E-state index is -0.276. The fraction of sp³-hybridized carbons (Fsp3) is 0.318. The van der Waals surface area contributed by atoms with Gasteiger partial charge in [0.05, 0.1) is 17.0 Å². The minimum absolute atomic E-state index is 0.131. The van der Waals surface area contributed by atoms with Crippen molar-refractivity contribution in [1.29, 1.82) is 0 Å². The van der Waals surface area contributed by atoms with Crippen molar-refractivity contribution in [2.45, 2.75) is 43.8 Å². The van der Waals surface area contributed by atoms with Crippen LogP contribution in [0.15, 0.2) is 52.4 Å². The maximum Gasteiger partial charge on any atom is 0.262 e. The lowest BCUT2D eigenvalue weighted by atomic mass is 10.2. The van der Waals surface area contributed by atoms with Crippen molar-refractivity contribution in [1.82, 2.24) is 19.2 Å². The van der Waals surface area contributed by atoms with Crippen molar-refractivity contribution in [2.24, 2.45) is 0 Å². The summed E-state index contributed by atoms with van der Waals surface area (Å²) in [7, 11) is 0. The average Bonchev–Trinajstić information content (AvgIpc) is 3.15. The van der Waals surface area contributed by atoms with E-state index in [1.165, 1.54) is 23.9 Å². The smallest absolute Gasteiger partial charge is 0.262 e. The number of benzene rings is 2. The van der Waals surface area contributed by atoms with Crippen molar-refractivity contribution in [3.63, 3.8) is 0 Å². The molecule has 31 heavy (non-hydrogen) atoms. The molecule has 4 aromatic rings. The second-order valence-electron chi connectivity index (χ2n) is 7.43. The Hall–Kier alpha value is -2.42. The monoisotopic (exact) mass is 460 g/mol. The van der Waals surface area contributed by atoms with Gasteiger partial charge in [-0.1, -0.05) is 35.5 Å². The lowest BCUT2D eigenvalue weighted by Gasteiger charge is -2.12. The highest BCUT2D eigenvalue weighted by molar-refractivity contribution is 7.98. The highest BCUT2D eigenvalue weighted by atomic mass is 35.5. The van der Waals surface area contributed by atoms with E-state index in [1.807, 2.05) is 24.3 Å². The Morgan fingerprint density at radius 3 is 2.81 bits per heavy atom. The number of aromatic nitrogens is 4. The lowest BCUT2D eigenvalue weighted by molar-refractivity contribution is 0.0748. The summed E-state index contributed by atoms with van der Waals surface area (Å²) in [5, 5.41) is 10.2. The molecule has 6 nitrogen and oxygen atoms in total. The molecule has 0 saturated heterocycles. The molecule has 0 atom stereocenters. The Morgan fingerprint density at radius 1 is 1.19 bits per heavy atom. The molecule has 0 saturated carbocycles. The number of aryl methyl sites for hydroxylation is 1. The van der Waals surface area contributed by atoms with E-state index >= 15 is 0 Å². The van der Waals surface area contributed by atoms with Gasteiger partial charge in [-0.15, -0.1) is 10.2 Å². The number of hydrogen-bond acceptors (Lipinski definition) is 5. The average molecular weight is 461 g/mol. The molecule has 0 amide bonds. The van der Waals surface area contributed by atoms with Crippen LogP contribution in [0.4, 0.5) is 4.39 Å². The van der Waals surface area contributed by atoms with Crippen molar-refractivity contribution in [3.05, 3.63) is 69.2 Å². The van der Waals surface area contributed by atoms with Crippen LogP contribution in [-0.4, -0.2) is 31.9 Å².